The van der Waals surface area contributed by atoms with Gasteiger partial charge in [-0.25, -0.2) is 0 Å². The number of likely N-dealkylation sites (tertiary alicyclic amines) is 1. The van der Waals surface area contributed by atoms with E-state index in [9.17, 15) is 5.11 Å². The molecule has 1 heterocycles. The molecule has 1 saturated heterocycles. The molecule has 3 nitrogen and oxygen atoms in total. The van der Waals surface area contributed by atoms with Crippen LogP contribution in [-0.2, 0) is 0 Å². The molecule has 100 valence electrons. The predicted molar refractivity (Wildman–Crippen MR) is 73.4 cm³/mol. The summed E-state index contributed by atoms with van der Waals surface area (Å²) in [7, 11) is 0. The third-order valence-corrected chi connectivity index (χ3v) is 3.74. The van der Waals surface area contributed by atoms with Gasteiger partial charge in [-0.15, -0.1) is 0 Å². The topological polar surface area (TPSA) is 32.7 Å². The van der Waals surface area contributed by atoms with Crippen LogP contribution in [0.15, 0.2) is 18.2 Å². The zero-order valence-electron chi connectivity index (χ0n) is 10.7. The predicted octanol–water partition coefficient (Wildman–Crippen LogP) is 2.48. The van der Waals surface area contributed by atoms with E-state index >= 15 is 0 Å². The third-order valence-electron chi connectivity index (χ3n) is 3.43. The van der Waals surface area contributed by atoms with Crippen molar-refractivity contribution in [2.24, 2.45) is 0 Å². The Morgan fingerprint density at radius 2 is 2.33 bits per heavy atom. The second kappa shape index (κ2) is 6.41. The Morgan fingerprint density at radius 3 is 3.11 bits per heavy atom. The number of aliphatic hydroxyl groups excluding tert-OH is 1. The monoisotopic (exact) mass is 269 g/mol. The minimum absolute atomic E-state index is 0.241. The first kappa shape index (κ1) is 13.7. The minimum Gasteiger partial charge on any atom is -0.491 e. The van der Waals surface area contributed by atoms with Gasteiger partial charge in [0.1, 0.15) is 12.4 Å². The molecule has 0 aromatic heterocycles. The molecule has 2 rings (SSSR count). The molecule has 1 fully saturated rings. The molecule has 4 heteroatoms. The van der Waals surface area contributed by atoms with E-state index in [1.165, 1.54) is 0 Å². The second-order valence-corrected chi connectivity index (χ2v) is 5.20. The number of benzene rings is 1. The third kappa shape index (κ3) is 3.37. The molecule has 0 amide bonds. The molecule has 0 spiro atoms. The maximum absolute atomic E-state index is 9.23. The van der Waals surface area contributed by atoms with Crippen LogP contribution in [-0.4, -0.2) is 42.4 Å². The van der Waals surface area contributed by atoms with Crippen molar-refractivity contribution < 1.29 is 9.84 Å². The molecule has 18 heavy (non-hydrogen) atoms. The maximum atomic E-state index is 9.23. The van der Waals surface area contributed by atoms with Crippen molar-refractivity contribution in [3.63, 3.8) is 0 Å². The van der Waals surface area contributed by atoms with Gasteiger partial charge in [-0.1, -0.05) is 17.7 Å². The molecule has 1 aliphatic heterocycles. The molecule has 0 bridgehead atoms. The molecule has 0 aliphatic carbocycles. The second-order valence-electron chi connectivity index (χ2n) is 4.80. The number of nitrogens with zero attached hydrogens (tertiary/aromatic N) is 1. The van der Waals surface area contributed by atoms with Crippen molar-refractivity contribution >= 4 is 11.6 Å². The van der Waals surface area contributed by atoms with Gasteiger partial charge in [0.2, 0.25) is 0 Å². The van der Waals surface area contributed by atoms with E-state index < -0.39 is 0 Å². The lowest BCUT2D eigenvalue weighted by Gasteiger charge is -2.22. The number of aryl methyl sites for hydroxylation is 1. The number of hydrogen-bond donors (Lipinski definition) is 1. The first-order valence-corrected chi connectivity index (χ1v) is 6.82. The fourth-order valence-corrected chi connectivity index (χ4v) is 2.56. The molecular weight excluding hydrogens is 250 g/mol. The Labute approximate surface area is 113 Å². The van der Waals surface area contributed by atoms with Crippen LogP contribution in [0.5, 0.6) is 5.75 Å². The van der Waals surface area contributed by atoms with Crippen molar-refractivity contribution in [1.29, 1.82) is 0 Å². The van der Waals surface area contributed by atoms with Crippen LogP contribution in [0.25, 0.3) is 0 Å². The zero-order valence-corrected chi connectivity index (χ0v) is 11.5. The average molecular weight is 270 g/mol. The molecule has 0 saturated carbocycles. The van der Waals surface area contributed by atoms with Gasteiger partial charge >= 0.3 is 0 Å². The number of aliphatic hydroxyl groups is 1. The van der Waals surface area contributed by atoms with E-state index in [0.717, 1.165) is 37.2 Å². The minimum atomic E-state index is 0.241. The number of halogens is 1. The largest absolute Gasteiger partial charge is 0.491 e. The first-order chi connectivity index (χ1) is 8.70. The summed E-state index contributed by atoms with van der Waals surface area (Å²) in [5, 5.41) is 9.88. The van der Waals surface area contributed by atoms with Crippen molar-refractivity contribution in [2.45, 2.75) is 25.8 Å². The number of ether oxygens (including phenoxy) is 1. The van der Waals surface area contributed by atoms with Crippen molar-refractivity contribution in [2.75, 3.05) is 26.3 Å². The quantitative estimate of drug-likeness (QED) is 0.891. The van der Waals surface area contributed by atoms with Crippen LogP contribution in [0.1, 0.15) is 18.4 Å². The summed E-state index contributed by atoms with van der Waals surface area (Å²) in [4.78, 5) is 2.28. The summed E-state index contributed by atoms with van der Waals surface area (Å²) < 4.78 is 5.72. The summed E-state index contributed by atoms with van der Waals surface area (Å²) in [5.74, 6) is 0.747. The highest BCUT2D eigenvalue weighted by atomic mass is 35.5. The van der Waals surface area contributed by atoms with E-state index in [4.69, 9.17) is 16.3 Å². The standard InChI is InChI=1S/C14H20ClNO2/c1-11-4-5-13(15)14(9-11)18-8-7-16-6-2-3-12(16)10-17/h4-5,9,12,17H,2-3,6-8,10H2,1H3. The maximum Gasteiger partial charge on any atom is 0.138 e. The van der Waals surface area contributed by atoms with Crippen molar-refractivity contribution in [1.82, 2.24) is 4.90 Å². The Balaban J connectivity index is 1.83. The van der Waals surface area contributed by atoms with Gasteiger partial charge in [-0.3, -0.25) is 4.90 Å². The fourth-order valence-electron chi connectivity index (χ4n) is 2.39. The van der Waals surface area contributed by atoms with Crippen LogP contribution in [0.3, 0.4) is 0 Å². The van der Waals surface area contributed by atoms with Crippen LogP contribution in [0.4, 0.5) is 0 Å². The molecule has 1 aromatic rings. The lowest BCUT2D eigenvalue weighted by molar-refractivity contribution is 0.139. The summed E-state index contributed by atoms with van der Waals surface area (Å²) in [6.07, 6.45) is 2.25. The van der Waals surface area contributed by atoms with Crippen LogP contribution in [0.2, 0.25) is 5.02 Å². The molecular formula is C14H20ClNO2. The highest BCUT2D eigenvalue weighted by molar-refractivity contribution is 6.32. The van der Waals surface area contributed by atoms with E-state index in [1.54, 1.807) is 0 Å². The van der Waals surface area contributed by atoms with Gasteiger partial charge in [0.05, 0.1) is 11.6 Å². The van der Waals surface area contributed by atoms with Crippen molar-refractivity contribution in [3.8, 4) is 5.75 Å². The Kier molecular flexibility index (Phi) is 4.87. The van der Waals surface area contributed by atoms with E-state index in [1.807, 2.05) is 25.1 Å². The highest BCUT2D eigenvalue weighted by Gasteiger charge is 2.23. The molecule has 1 atom stereocenters. The molecule has 1 aromatic carbocycles. The molecule has 1 aliphatic rings. The number of hydrogen-bond acceptors (Lipinski definition) is 3. The SMILES string of the molecule is Cc1ccc(Cl)c(OCCN2CCCC2CO)c1. The summed E-state index contributed by atoms with van der Waals surface area (Å²) in [6.45, 7) is 4.77. The van der Waals surface area contributed by atoms with Crippen molar-refractivity contribution in [3.05, 3.63) is 28.8 Å². The summed E-state index contributed by atoms with van der Waals surface area (Å²) >= 11 is 6.07. The van der Waals surface area contributed by atoms with Gasteiger partial charge < -0.3 is 9.84 Å². The van der Waals surface area contributed by atoms with Gasteiger partial charge in [0.15, 0.2) is 0 Å². The molecule has 1 unspecified atom stereocenters. The van der Waals surface area contributed by atoms with Gasteiger partial charge in [-0.2, -0.15) is 0 Å². The summed E-state index contributed by atoms with van der Waals surface area (Å²) in [5.41, 5.74) is 1.14. The van der Waals surface area contributed by atoms with Gasteiger partial charge in [-0.05, 0) is 44.0 Å². The highest BCUT2D eigenvalue weighted by Crippen LogP contribution is 2.25. The van der Waals surface area contributed by atoms with Crippen LogP contribution < -0.4 is 4.74 Å². The van der Waals surface area contributed by atoms with E-state index in [0.29, 0.717) is 17.7 Å². The normalized spacial score (nSPS) is 20.3. The zero-order chi connectivity index (χ0) is 13.0. The van der Waals surface area contributed by atoms with Crippen LogP contribution in [0, 0.1) is 6.92 Å². The Hall–Kier alpha value is -0.770. The fraction of sp³-hybridized carbons (Fsp3) is 0.571. The molecule has 0 radical (unpaired) electrons. The molecule has 1 N–H and O–H groups in total. The van der Waals surface area contributed by atoms with Crippen LogP contribution >= 0.6 is 11.6 Å². The average Bonchev–Trinajstić information content (AvgIpc) is 2.81. The lowest BCUT2D eigenvalue weighted by Crippen LogP contribution is -2.35. The number of rotatable bonds is 5. The first-order valence-electron chi connectivity index (χ1n) is 6.44. The van der Waals surface area contributed by atoms with Gasteiger partial charge in [0, 0.05) is 12.6 Å². The summed E-state index contributed by atoms with van der Waals surface area (Å²) in [6, 6.07) is 6.09. The van der Waals surface area contributed by atoms with E-state index in [2.05, 4.69) is 4.90 Å². The smallest absolute Gasteiger partial charge is 0.138 e. The Bertz CT molecular complexity index is 397. The lowest BCUT2D eigenvalue weighted by atomic mass is 10.2. The van der Waals surface area contributed by atoms with E-state index in [-0.39, 0.29) is 6.61 Å². The Morgan fingerprint density at radius 1 is 1.50 bits per heavy atom. The van der Waals surface area contributed by atoms with Gasteiger partial charge in [0.25, 0.3) is 0 Å².